The van der Waals surface area contributed by atoms with Crippen LogP contribution < -0.4 is 5.32 Å². The molecule has 7 nitrogen and oxygen atoms in total. The van der Waals surface area contributed by atoms with Crippen molar-refractivity contribution in [2.24, 2.45) is 0 Å². The molecule has 2 saturated heterocycles. The zero-order chi connectivity index (χ0) is 16.2. The lowest BCUT2D eigenvalue weighted by Gasteiger charge is -2.38. The van der Waals surface area contributed by atoms with Crippen LogP contribution >= 0.6 is 0 Å². The Labute approximate surface area is 133 Å². The fourth-order valence-electron chi connectivity index (χ4n) is 2.95. The molecule has 1 N–H and O–H groups in total. The number of nitrogens with one attached hydrogen (secondary N) is 1. The maximum atomic E-state index is 12.4. The van der Waals surface area contributed by atoms with Gasteiger partial charge in [-0.2, -0.15) is 4.31 Å². The summed E-state index contributed by atoms with van der Waals surface area (Å²) in [6.45, 7) is 5.84. The summed E-state index contributed by atoms with van der Waals surface area (Å²) in [7, 11) is -3.30. The van der Waals surface area contributed by atoms with Crippen LogP contribution in [0, 0.1) is 0 Å². The normalized spacial score (nSPS) is 28.5. The predicted molar refractivity (Wildman–Crippen MR) is 84.1 cm³/mol. The van der Waals surface area contributed by atoms with Gasteiger partial charge < -0.3 is 15.0 Å². The standard InChI is InChI=1S/C14H27N3O4S/c1-14(12-17(10-11-21-14)22(2,19)20)13(18)15-6-9-16-7-4-3-5-8-16/h3-12H2,1-2H3,(H,15,18)/t14-/m1/s1. The summed E-state index contributed by atoms with van der Waals surface area (Å²) >= 11 is 0. The van der Waals surface area contributed by atoms with Crippen molar-refractivity contribution >= 4 is 15.9 Å². The van der Waals surface area contributed by atoms with Crippen molar-refractivity contribution in [2.75, 3.05) is 52.1 Å². The topological polar surface area (TPSA) is 79.0 Å². The molecule has 1 atom stereocenters. The number of rotatable bonds is 5. The van der Waals surface area contributed by atoms with E-state index < -0.39 is 15.6 Å². The minimum absolute atomic E-state index is 0.0708. The Morgan fingerprint density at radius 3 is 2.55 bits per heavy atom. The van der Waals surface area contributed by atoms with Gasteiger partial charge in [0, 0.05) is 19.6 Å². The van der Waals surface area contributed by atoms with Gasteiger partial charge >= 0.3 is 0 Å². The minimum atomic E-state index is -3.30. The molecule has 2 aliphatic heterocycles. The number of amides is 1. The number of carbonyl (C=O) groups excluding carboxylic acids is 1. The van der Waals surface area contributed by atoms with Crippen molar-refractivity contribution in [1.29, 1.82) is 0 Å². The summed E-state index contributed by atoms with van der Waals surface area (Å²) in [4.78, 5) is 14.7. The zero-order valence-electron chi connectivity index (χ0n) is 13.5. The van der Waals surface area contributed by atoms with E-state index in [2.05, 4.69) is 10.2 Å². The van der Waals surface area contributed by atoms with Crippen molar-refractivity contribution < 1.29 is 17.9 Å². The average molecular weight is 333 g/mol. The van der Waals surface area contributed by atoms with Gasteiger partial charge in [-0.15, -0.1) is 0 Å². The molecule has 0 aromatic heterocycles. The van der Waals surface area contributed by atoms with Gasteiger partial charge in [-0.3, -0.25) is 4.79 Å². The van der Waals surface area contributed by atoms with Gasteiger partial charge in [0.05, 0.1) is 19.4 Å². The summed E-state index contributed by atoms with van der Waals surface area (Å²) < 4.78 is 30.2. The molecule has 1 amide bonds. The van der Waals surface area contributed by atoms with Gasteiger partial charge in [0.25, 0.3) is 5.91 Å². The highest BCUT2D eigenvalue weighted by atomic mass is 32.2. The largest absolute Gasteiger partial charge is 0.363 e. The lowest BCUT2D eigenvalue weighted by atomic mass is 10.0. The molecule has 0 aromatic rings. The van der Waals surface area contributed by atoms with Gasteiger partial charge in [-0.25, -0.2) is 8.42 Å². The Kier molecular flexibility index (Phi) is 5.81. The molecule has 2 fully saturated rings. The summed E-state index contributed by atoms with van der Waals surface area (Å²) in [6, 6.07) is 0. The van der Waals surface area contributed by atoms with Gasteiger partial charge in [0.2, 0.25) is 10.0 Å². The SMILES string of the molecule is C[C@]1(C(=O)NCCN2CCCCC2)CN(S(C)(=O)=O)CCO1. The molecule has 8 heteroatoms. The van der Waals surface area contributed by atoms with E-state index in [1.54, 1.807) is 6.92 Å². The minimum Gasteiger partial charge on any atom is -0.363 e. The van der Waals surface area contributed by atoms with Crippen LogP contribution in [0.3, 0.4) is 0 Å². The molecule has 0 aliphatic carbocycles. The number of ether oxygens (including phenoxy) is 1. The molecule has 22 heavy (non-hydrogen) atoms. The molecule has 128 valence electrons. The second kappa shape index (κ2) is 7.25. The van der Waals surface area contributed by atoms with Crippen LogP contribution in [0.15, 0.2) is 0 Å². The lowest BCUT2D eigenvalue weighted by Crippen LogP contribution is -2.59. The van der Waals surface area contributed by atoms with Crippen LogP contribution in [0.1, 0.15) is 26.2 Å². The Morgan fingerprint density at radius 1 is 1.23 bits per heavy atom. The van der Waals surface area contributed by atoms with Crippen molar-refractivity contribution in [3.8, 4) is 0 Å². The first-order valence-electron chi connectivity index (χ1n) is 7.91. The highest BCUT2D eigenvalue weighted by Gasteiger charge is 2.41. The monoisotopic (exact) mass is 333 g/mol. The van der Waals surface area contributed by atoms with Crippen LogP contribution in [-0.2, 0) is 19.6 Å². The fraction of sp³-hybridized carbons (Fsp3) is 0.929. The van der Waals surface area contributed by atoms with E-state index in [1.165, 1.54) is 23.6 Å². The quantitative estimate of drug-likeness (QED) is 0.743. The van der Waals surface area contributed by atoms with Crippen LogP contribution in [0.4, 0.5) is 0 Å². The molecule has 0 bridgehead atoms. The molecule has 0 aromatic carbocycles. The number of hydrogen-bond donors (Lipinski definition) is 1. The highest BCUT2D eigenvalue weighted by Crippen LogP contribution is 2.19. The molecule has 0 radical (unpaired) electrons. The highest BCUT2D eigenvalue weighted by molar-refractivity contribution is 7.88. The van der Waals surface area contributed by atoms with E-state index in [1.807, 2.05) is 0 Å². The lowest BCUT2D eigenvalue weighted by molar-refractivity contribution is -0.152. The third-order valence-corrected chi connectivity index (χ3v) is 5.60. The maximum absolute atomic E-state index is 12.4. The number of nitrogens with zero attached hydrogens (tertiary/aromatic N) is 2. The van der Waals surface area contributed by atoms with E-state index in [4.69, 9.17) is 4.74 Å². The number of morpholine rings is 1. The third-order valence-electron chi connectivity index (χ3n) is 4.35. The summed E-state index contributed by atoms with van der Waals surface area (Å²) in [5, 5.41) is 2.89. The van der Waals surface area contributed by atoms with Crippen molar-refractivity contribution in [2.45, 2.75) is 31.8 Å². The molecule has 2 aliphatic rings. The van der Waals surface area contributed by atoms with Gasteiger partial charge in [0.15, 0.2) is 5.60 Å². The van der Waals surface area contributed by atoms with E-state index >= 15 is 0 Å². The van der Waals surface area contributed by atoms with Gasteiger partial charge in [0.1, 0.15) is 0 Å². The van der Waals surface area contributed by atoms with Crippen molar-refractivity contribution in [3.63, 3.8) is 0 Å². The number of carbonyl (C=O) groups is 1. The molecule has 0 spiro atoms. The summed E-state index contributed by atoms with van der Waals surface area (Å²) in [6.07, 6.45) is 4.89. The predicted octanol–water partition coefficient (Wildman–Crippen LogP) is -0.361. The molecular weight excluding hydrogens is 306 g/mol. The Balaban J connectivity index is 1.82. The molecule has 2 heterocycles. The van der Waals surface area contributed by atoms with E-state index in [0.717, 1.165) is 25.9 Å². The number of sulfonamides is 1. The van der Waals surface area contributed by atoms with Crippen molar-refractivity contribution in [1.82, 2.24) is 14.5 Å². The number of likely N-dealkylation sites (tertiary alicyclic amines) is 1. The van der Waals surface area contributed by atoms with Crippen LogP contribution in [0.25, 0.3) is 0 Å². The number of hydrogen-bond acceptors (Lipinski definition) is 5. The molecule has 2 rings (SSSR count). The first-order chi connectivity index (χ1) is 10.3. The fourth-order valence-corrected chi connectivity index (χ4v) is 3.84. The van der Waals surface area contributed by atoms with E-state index in [-0.39, 0.29) is 19.1 Å². The second-order valence-electron chi connectivity index (χ2n) is 6.33. The van der Waals surface area contributed by atoms with Crippen LogP contribution in [0.2, 0.25) is 0 Å². The maximum Gasteiger partial charge on any atom is 0.253 e. The smallest absolute Gasteiger partial charge is 0.253 e. The summed E-state index contributed by atoms with van der Waals surface area (Å²) in [5.41, 5.74) is -1.11. The Morgan fingerprint density at radius 2 is 1.91 bits per heavy atom. The molecular formula is C14H27N3O4S. The average Bonchev–Trinajstić information content (AvgIpc) is 2.47. The Bertz CT molecular complexity index is 490. The van der Waals surface area contributed by atoms with E-state index in [9.17, 15) is 13.2 Å². The first kappa shape index (κ1) is 17.7. The Hall–Kier alpha value is -0.700. The van der Waals surface area contributed by atoms with Gasteiger partial charge in [-0.05, 0) is 32.9 Å². The van der Waals surface area contributed by atoms with Gasteiger partial charge in [-0.1, -0.05) is 6.42 Å². The van der Waals surface area contributed by atoms with Crippen molar-refractivity contribution in [3.05, 3.63) is 0 Å². The van der Waals surface area contributed by atoms with Crippen LogP contribution in [0.5, 0.6) is 0 Å². The second-order valence-corrected chi connectivity index (χ2v) is 8.32. The van der Waals surface area contributed by atoms with E-state index in [0.29, 0.717) is 13.1 Å². The molecule has 0 saturated carbocycles. The molecule has 0 unspecified atom stereocenters. The van der Waals surface area contributed by atoms with Crippen LogP contribution in [-0.4, -0.2) is 81.3 Å². The summed E-state index contributed by atoms with van der Waals surface area (Å²) in [5.74, 6) is -0.238. The zero-order valence-corrected chi connectivity index (χ0v) is 14.3. The first-order valence-corrected chi connectivity index (χ1v) is 9.76. The number of piperidine rings is 1. The third kappa shape index (κ3) is 4.65.